The molecule has 1 aliphatic rings. The van der Waals surface area contributed by atoms with Crippen LogP contribution in [-0.2, 0) is 12.7 Å². The van der Waals surface area contributed by atoms with Crippen LogP contribution < -0.4 is 15.1 Å². The summed E-state index contributed by atoms with van der Waals surface area (Å²) in [4.78, 5) is 14.3. The average Bonchev–Trinajstić information content (AvgIpc) is 2.72. The fourth-order valence-electron chi connectivity index (χ4n) is 4.44. The maximum Gasteiger partial charge on any atom is 0.453 e. The Labute approximate surface area is 189 Å². The van der Waals surface area contributed by atoms with Gasteiger partial charge in [-0.15, -0.1) is 0 Å². The molecule has 1 aromatic heterocycles. The molecule has 0 unspecified atom stereocenters. The summed E-state index contributed by atoms with van der Waals surface area (Å²) in [7, 11) is 0. The van der Waals surface area contributed by atoms with Crippen LogP contribution in [0.5, 0.6) is 17.2 Å². The minimum Gasteiger partial charge on any atom is -0.507 e. The van der Waals surface area contributed by atoms with Crippen molar-refractivity contribution in [3.63, 3.8) is 0 Å². The molecular formula is C25H27F3NO4+. The molecule has 1 aliphatic heterocycles. The van der Waals surface area contributed by atoms with Gasteiger partial charge in [0, 0.05) is 0 Å². The molecule has 2 N–H and O–H groups in total. The molecule has 5 nitrogen and oxygen atoms in total. The van der Waals surface area contributed by atoms with E-state index in [1.165, 1.54) is 12.1 Å². The number of aromatic hydroxyl groups is 1. The number of phenols is 1. The van der Waals surface area contributed by atoms with Crippen LogP contribution in [0.2, 0.25) is 0 Å². The van der Waals surface area contributed by atoms with E-state index in [1.54, 1.807) is 26.0 Å². The van der Waals surface area contributed by atoms with Crippen molar-refractivity contribution in [2.24, 2.45) is 5.92 Å². The number of halogens is 3. The number of nitrogens with one attached hydrogen (secondary N) is 1. The number of hydrogen-bond acceptors (Lipinski definition) is 4. The summed E-state index contributed by atoms with van der Waals surface area (Å²) in [6, 6.07) is 7.56. The Morgan fingerprint density at radius 2 is 1.76 bits per heavy atom. The Kier molecular flexibility index (Phi) is 6.14. The molecule has 0 atom stereocenters. The van der Waals surface area contributed by atoms with Crippen LogP contribution in [0.1, 0.15) is 42.2 Å². The summed E-state index contributed by atoms with van der Waals surface area (Å²) in [5.74, 6) is -1.89. The maximum atomic E-state index is 14.0. The average molecular weight is 462 g/mol. The number of ether oxygens (including phenoxy) is 1. The van der Waals surface area contributed by atoms with Crippen molar-refractivity contribution in [3.8, 4) is 17.2 Å². The Morgan fingerprint density at radius 3 is 2.36 bits per heavy atom. The van der Waals surface area contributed by atoms with E-state index < -0.39 is 23.1 Å². The van der Waals surface area contributed by atoms with Gasteiger partial charge in [0.05, 0.1) is 24.0 Å². The van der Waals surface area contributed by atoms with Crippen LogP contribution in [0.3, 0.4) is 0 Å². The van der Waals surface area contributed by atoms with E-state index in [-0.39, 0.29) is 34.6 Å². The first-order valence-electron chi connectivity index (χ1n) is 11.0. The second-order valence-corrected chi connectivity index (χ2v) is 9.06. The van der Waals surface area contributed by atoms with Gasteiger partial charge in [-0.05, 0) is 68.0 Å². The molecule has 8 heteroatoms. The van der Waals surface area contributed by atoms with Crippen molar-refractivity contribution in [1.82, 2.24) is 0 Å². The summed E-state index contributed by atoms with van der Waals surface area (Å²) in [6.45, 7) is 7.67. The number of likely N-dealkylation sites (tertiary alicyclic amines) is 1. The molecule has 2 aromatic carbocycles. The maximum absolute atomic E-state index is 14.0. The van der Waals surface area contributed by atoms with Gasteiger partial charge in [-0.2, -0.15) is 13.2 Å². The number of phenolic OH excluding ortho intramolecular Hbond substituents is 1. The normalized spacial score (nSPS) is 19.1. The summed E-state index contributed by atoms with van der Waals surface area (Å²) in [5, 5.41) is 10.4. The number of alkyl halides is 3. The van der Waals surface area contributed by atoms with Crippen LogP contribution in [-0.4, -0.2) is 18.2 Å². The van der Waals surface area contributed by atoms with Gasteiger partial charge in [0.15, 0.2) is 5.58 Å². The Morgan fingerprint density at radius 1 is 1.12 bits per heavy atom. The van der Waals surface area contributed by atoms with Crippen molar-refractivity contribution in [3.05, 3.63) is 63.0 Å². The highest BCUT2D eigenvalue weighted by molar-refractivity contribution is 5.83. The van der Waals surface area contributed by atoms with Gasteiger partial charge in [-0.25, -0.2) is 0 Å². The first-order chi connectivity index (χ1) is 15.5. The summed E-state index contributed by atoms with van der Waals surface area (Å²) in [5.41, 5.74) is 0.611. The van der Waals surface area contributed by atoms with Crippen molar-refractivity contribution >= 4 is 11.0 Å². The molecule has 0 aliphatic carbocycles. The second-order valence-electron chi connectivity index (χ2n) is 9.06. The third-order valence-electron chi connectivity index (χ3n) is 6.18. The fraction of sp³-hybridized carbons (Fsp3) is 0.400. The highest BCUT2D eigenvalue weighted by Crippen LogP contribution is 2.40. The number of hydrogen-bond donors (Lipinski definition) is 2. The topological polar surface area (TPSA) is 64.1 Å². The van der Waals surface area contributed by atoms with Crippen molar-refractivity contribution < 1.29 is 32.3 Å². The summed E-state index contributed by atoms with van der Waals surface area (Å²) >= 11 is 0. The lowest BCUT2D eigenvalue weighted by atomic mass is 9.98. The van der Waals surface area contributed by atoms with E-state index >= 15 is 0 Å². The minimum absolute atomic E-state index is 0.0556. The van der Waals surface area contributed by atoms with Gasteiger partial charge >= 0.3 is 6.18 Å². The van der Waals surface area contributed by atoms with Crippen LogP contribution in [0.25, 0.3) is 11.0 Å². The van der Waals surface area contributed by atoms with Gasteiger partial charge < -0.3 is 19.2 Å². The Bertz CT molecular complexity index is 1220. The molecule has 0 amide bonds. The number of rotatable bonds is 4. The SMILES string of the molecule is Cc1cc(C)cc(Oc2c(C(F)(F)F)oc3c(C[NH+]4CCC(C)CC4)c(O)ccc3c2=O)c1. The molecule has 1 fully saturated rings. The number of benzene rings is 2. The van der Waals surface area contributed by atoms with Crippen molar-refractivity contribution in [2.45, 2.75) is 46.3 Å². The second kappa shape index (κ2) is 8.74. The third kappa shape index (κ3) is 4.85. The van der Waals surface area contributed by atoms with Crippen molar-refractivity contribution in [1.29, 1.82) is 0 Å². The molecule has 33 heavy (non-hydrogen) atoms. The predicted octanol–water partition coefficient (Wildman–Crippen LogP) is 4.74. The third-order valence-corrected chi connectivity index (χ3v) is 6.18. The van der Waals surface area contributed by atoms with Crippen LogP contribution in [0, 0.1) is 19.8 Å². The van der Waals surface area contributed by atoms with E-state index in [0.717, 1.165) is 42.0 Å². The zero-order chi connectivity index (χ0) is 23.9. The molecule has 1 saturated heterocycles. The molecule has 0 saturated carbocycles. The van der Waals surface area contributed by atoms with Gasteiger partial charge in [-0.1, -0.05) is 13.0 Å². The van der Waals surface area contributed by atoms with Crippen molar-refractivity contribution in [2.75, 3.05) is 13.1 Å². The molecule has 3 aromatic rings. The lowest BCUT2D eigenvalue weighted by molar-refractivity contribution is -0.919. The first-order valence-corrected chi connectivity index (χ1v) is 11.0. The summed E-state index contributed by atoms with van der Waals surface area (Å²) < 4.78 is 52.7. The van der Waals surface area contributed by atoms with Gasteiger partial charge in [-0.3, -0.25) is 4.79 Å². The standard InChI is InChI=1S/C25H26F3NO4/c1-14-6-8-29(9-7-14)13-19-20(30)5-4-18-21(31)23(24(25(26,27)28)33-22(18)19)32-17-11-15(2)10-16(3)12-17/h4-5,10-12,14,30H,6-9,13H2,1-3H3/p+1. The number of aryl methyl sites for hydroxylation is 2. The van der Waals surface area contributed by atoms with E-state index in [1.807, 2.05) is 6.07 Å². The highest BCUT2D eigenvalue weighted by Gasteiger charge is 2.41. The molecule has 0 bridgehead atoms. The number of piperidine rings is 1. The molecule has 0 spiro atoms. The smallest absolute Gasteiger partial charge is 0.453 e. The molecule has 0 radical (unpaired) electrons. The fourth-order valence-corrected chi connectivity index (χ4v) is 4.44. The monoisotopic (exact) mass is 462 g/mol. The predicted molar refractivity (Wildman–Crippen MR) is 118 cm³/mol. The Hall–Kier alpha value is -3.00. The minimum atomic E-state index is -4.96. The lowest BCUT2D eigenvalue weighted by Crippen LogP contribution is -3.11. The molecule has 4 rings (SSSR count). The number of fused-ring (bicyclic) bond motifs is 1. The van der Waals surface area contributed by atoms with Crippen LogP contribution in [0.4, 0.5) is 13.2 Å². The lowest BCUT2D eigenvalue weighted by Gasteiger charge is -2.27. The van der Waals surface area contributed by atoms with E-state index in [4.69, 9.17) is 9.15 Å². The summed E-state index contributed by atoms with van der Waals surface area (Å²) in [6.07, 6.45) is -2.98. The molecule has 176 valence electrons. The quantitative estimate of drug-likeness (QED) is 0.588. The van der Waals surface area contributed by atoms with E-state index in [0.29, 0.717) is 5.92 Å². The largest absolute Gasteiger partial charge is 0.507 e. The van der Waals surface area contributed by atoms with Gasteiger partial charge in [0.2, 0.25) is 11.2 Å². The van der Waals surface area contributed by atoms with Crippen LogP contribution in [0.15, 0.2) is 39.5 Å². The Balaban J connectivity index is 1.85. The van der Waals surface area contributed by atoms with Gasteiger partial charge in [0.1, 0.15) is 18.0 Å². The first kappa shape index (κ1) is 23.2. The van der Waals surface area contributed by atoms with Gasteiger partial charge in [0.25, 0.3) is 5.76 Å². The van der Waals surface area contributed by atoms with Crippen LogP contribution >= 0.6 is 0 Å². The highest BCUT2D eigenvalue weighted by atomic mass is 19.4. The zero-order valence-electron chi connectivity index (χ0n) is 18.8. The molecular weight excluding hydrogens is 435 g/mol. The molecule has 2 heterocycles. The van der Waals surface area contributed by atoms with E-state index in [9.17, 15) is 23.1 Å². The van der Waals surface area contributed by atoms with E-state index in [2.05, 4.69) is 6.92 Å². The number of quaternary nitrogens is 1. The zero-order valence-corrected chi connectivity index (χ0v) is 18.8.